The largest absolute Gasteiger partial charge is 0.444 e. The second-order valence-electron chi connectivity index (χ2n) is 5.77. The van der Waals surface area contributed by atoms with Crippen molar-refractivity contribution < 1.29 is 14.3 Å². The Hall–Kier alpha value is -3.40. The lowest BCUT2D eigenvalue weighted by atomic mass is 10.1. The Morgan fingerprint density at radius 2 is 1.31 bits per heavy atom. The van der Waals surface area contributed by atoms with E-state index in [0.29, 0.717) is 17.7 Å². The van der Waals surface area contributed by atoms with Gasteiger partial charge < -0.3 is 10.1 Å². The number of benzene rings is 3. The van der Waals surface area contributed by atoms with Crippen molar-refractivity contribution in [1.82, 2.24) is 5.32 Å². The molecule has 1 N–H and O–H groups in total. The highest BCUT2D eigenvalue weighted by molar-refractivity contribution is 5.92. The monoisotopic (exact) mass is 345 g/mol. The summed E-state index contributed by atoms with van der Waals surface area (Å²) in [5.74, 6) is -0.890. The summed E-state index contributed by atoms with van der Waals surface area (Å²) in [6.07, 6.45) is -1.01. The number of rotatable bonds is 6. The Balaban J connectivity index is 1.75. The van der Waals surface area contributed by atoms with E-state index in [1.807, 2.05) is 54.6 Å². The minimum Gasteiger partial charge on any atom is -0.444 e. The van der Waals surface area contributed by atoms with E-state index in [9.17, 15) is 9.59 Å². The molecule has 0 aliphatic carbocycles. The van der Waals surface area contributed by atoms with Crippen LogP contribution in [0.25, 0.3) is 0 Å². The normalized spacial score (nSPS) is 11.4. The zero-order valence-corrected chi connectivity index (χ0v) is 14.2. The first-order valence-corrected chi connectivity index (χ1v) is 8.36. The molecule has 0 saturated carbocycles. The van der Waals surface area contributed by atoms with Gasteiger partial charge in [-0.05, 0) is 17.7 Å². The quantitative estimate of drug-likeness (QED) is 0.689. The number of esters is 1. The van der Waals surface area contributed by atoms with Crippen LogP contribution >= 0.6 is 0 Å². The molecule has 0 spiro atoms. The third-order valence-electron chi connectivity index (χ3n) is 3.88. The van der Waals surface area contributed by atoms with Crippen LogP contribution in [0.15, 0.2) is 91.0 Å². The van der Waals surface area contributed by atoms with E-state index in [0.717, 1.165) is 5.56 Å². The molecule has 4 heteroatoms. The molecular formula is C22H19NO3. The molecule has 4 nitrogen and oxygen atoms in total. The van der Waals surface area contributed by atoms with Gasteiger partial charge in [0.05, 0.1) is 5.56 Å². The third kappa shape index (κ3) is 4.57. The number of nitrogens with one attached hydrogen (secondary N) is 1. The number of carbonyl (C=O) groups is 2. The van der Waals surface area contributed by atoms with Gasteiger partial charge in [0.2, 0.25) is 6.10 Å². The molecular weight excluding hydrogens is 326 g/mol. The second kappa shape index (κ2) is 8.62. The number of amides is 1. The molecule has 0 bridgehead atoms. The lowest BCUT2D eigenvalue weighted by molar-refractivity contribution is -0.130. The van der Waals surface area contributed by atoms with E-state index in [-0.39, 0.29) is 5.91 Å². The molecule has 0 heterocycles. The molecule has 26 heavy (non-hydrogen) atoms. The minimum atomic E-state index is -1.01. The van der Waals surface area contributed by atoms with E-state index < -0.39 is 12.1 Å². The fourth-order valence-electron chi connectivity index (χ4n) is 2.53. The first kappa shape index (κ1) is 17.4. The van der Waals surface area contributed by atoms with Crippen molar-refractivity contribution in [2.45, 2.75) is 12.6 Å². The molecule has 3 aromatic carbocycles. The van der Waals surface area contributed by atoms with Crippen LogP contribution in [0.1, 0.15) is 27.6 Å². The maximum absolute atomic E-state index is 12.7. The summed E-state index contributed by atoms with van der Waals surface area (Å²) in [4.78, 5) is 25.1. The van der Waals surface area contributed by atoms with Crippen molar-refractivity contribution in [3.8, 4) is 0 Å². The van der Waals surface area contributed by atoms with Crippen LogP contribution < -0.4 is 5.32 Å². The van der Waals surface area contributed by atoms with Crippen LogP contribution in [0.2, 0.25) is 0 Å². The number of hydrogen-bond donors (Lipinski definition) is 1. The van der Waals surface area contributed by atoms with Crippen LogP contribution in [0.5, 0.6) is 0 Å². The van der Waals surface area contributed by atoms with Crippen molar-refractivity contribution in [2.24, 2.45) is 0 Å². The predicted octanol–water partition coefficient (Wildman–Crippen LogP) is 3.90. The van der Waals surface area contributed by atoms with Gasteiger partial charge in [0.1, 0.15) is 0 Å². The molecule has 130 valence electrons. The molecule has 0 aliphatic rings. The molecule has 0 radical (unpaired) electrons. The number of hydrogen-bond acceptors (Lipinski definition) is 3. The van der Waals surface area contributed by atoms with Gasteiger partial charge in [0, 0.05) is 12.1 Å². The fourth-order valence-corrected chi connectivity index (χ4v) is 2.53. The number of carbonyl (C=O) groups excluding carboxylic acids is 2. The maximum Gasteiger partial charge on any atom is 0.339 e. The highest BCUT2D eigenvalue weighted by atomic mass is 16.5. The van der Waals surface area contributed by atoms with E-state index in [1.54, 1.807) is 36.4 Å². The Kier molecular flexibility index (Phi) is 5.78. The Morgan fingerprint density at radius 1 is 0.769 bits per heavy atom. The lowest BCUT2D eigenvalue weighted by Gasteiger charge is -2.18. The van der Waals surface area contributed by atoms with Gasteiger partial charge in [-0.1, -0.05) is 78.9 Å². The number of ether oxygens (including phenoxy) is 1. The van der Waals surface area contributed by atoms with Gasteiger partial charge in [-0.2, -0.15) is 0 Å². The molecule has 3 rings (SSSR count). The summed E-state index contributed by atoms with van der Waals surface area (Å²) in [5.41, 5.74) is 2.01. The minimum absolute atomic E-state index is 0.357. The summed E-state index contributed by atoms with van der Waals surface area (Å²) in [6.45, 7) is 0.367. The molecule has 1 amide bonds. The topological polar surface area (TPSA) is 55.4 Å². The molecule has 0 aliphatic heterocycles. The zero-order chi connectivity index (χ0) is 18.2. The fraction of sp³-hybridized carbons (Fsp3) is 0.0909. The van der Waals surface area contributed by atoms with Crippen molar-refractivity contribution in [1.29, 1.82) is 0 Å². The predicted molar refractivity (Wildman–Crippen MR) is 99.3 cm³/mol. The van der Waals surface area contributed by atoms with Gasteiger partial charge in [0.15, 0.2) is 0 Å². The molecule has 0 aromatic heterocycles. The van der Waals surface area contributed by atoms with Crippen LogP contribution in [-0.2, 0) is 16.1 Å². The van der Waals surface area contributed by atoms with Gasteiger partial charge in [-0.15, -0.1) is 0 Å². The van der Waals surface area contributed by atoms with E-state index in [4.69, 9.17) is 4.74 Å². The average molecular weight is 345 g/mol. The molecule has 1 atom stereocenters. The van der Waals surface area contributed by atoms with Crippen molar-refractivity contribution in [3.05, 3.63) is 108 Å². The Morgan fingerprint density at radius 3 is 1.92 bits per heavy atom. The summed E-state index contributed by atoms with van der Waals surface area (Å²) in [7, 11) is 0. The highest BCUT2D eigenvalue weighted by Crippen LogP contribution is 2.20. The van der Waals surface area contributed by atoms with Crippen molar-refractivity contribution in [3.63, 3.8) is 0 Å². The van der Waals surface area contributed by atoms with Crippen LogP contribution in [0.4, 0.5) is 0 Å². The summed E-state index contributed by atoms with van der Waals surface area (Å²) >= 11 is 0. The van der Waals surface area contributed by atoms with Gasteiger partial charge in [0.25, 0.3) is 5.91 Å². The van der Waals surface area contributed by atoms with Crippen molar-refractivity contribution >= 4 is 11.9 Å². The highest BCUT2D eigenvalue weighted by Gasteiger charge is 2.25. The van der Waals surface area contributed by atoms with Crippen LogP contribution in [0, 0.1) is 0 Å². The molecule has 1 unspecified atom stereocenters. The van der Waals surface area contributed by atoms with Gasteiger partial charge in [-0.25, -0.2) is 4.79 Å². The SMILES string of the molecule is O=C(OC(C(=O)NCc1ccccc1)c1ccccc1)c1ccccc1. The van der Waals surface area contributed by atoms with E-state index >= 15 is 0 Å². The summed E-state index contributed by atoms with van der Waals surface area (Å²) < 4.78 is 5.52. The molecule has 0 saturated heterocycles. The second-order valence-corrected chi connectivity index (χ2v) is 5.77. The van der Waals surface area contributed by atoms with E-state index in [2.05, 4.69) is 5.32 Å². The summed E-state index contributed by atoms with van der Waals surface area (Å²) in [6, 6.07) is 27.2. The first-order valence-electron chi connectivity index (χ1n) is 8.36. The van der Waals surface area contributed by atoms with E-state index in [1.165, 1.54) is 0 Å². The van der Waals surface area contributed by atoms with Crippen LogP contribution in [-0.4, -0.2) is 11.9 Å². The van der Waals surface area contributed by atoms with Gasteiger partial charge >= 0.3 is 5.97 Å². The van der Waals surface area contributed by atoms with Gasteiger partial charge in [-0.3, -0.25) is 4.79 Å². The summed E-state index contributed by atoms with van der Waals surface area (Å²) in [5, 5.41) is 2.84. The van der Waals surface area contributed by atoms with Crippen LogP contribution in [0.3, 0.4) is 0 Å². The maximum atomic E-state index is 12.7. The average Bonchev–Trinajstić information content (AvgIpc) is 2.72. The van der Waals surface area contributed by atoms with Crippen molar-refractivity contribution in [2.75, 3.05) is 0 Å². The smallest absolute Gasteiger partial charge is 0.339 e. The molecule has 3 aromatic rings. The Labute approximate surface area is 152 Å². The zero-order valence-electron chi connectivity index (χ0n) is 14.2. The lowest BCUT2D eigenvalue weighted by Crippen LogP contribution is -2.31. The molecule has 0 fully saturated rings. The Bertz CT molecular complexity index is 848. The first-order chi connectivity index (χ1) is 12.7. The third-order valence-corrected chi connectivity index (χ3v) is 3.88. The standard InChI is InChI=1S/C22H19NO3/c24-21(23-16-17-10-4-1-5-11-17)20(18-12-6-2-7-13-18)26-22(25)19-14-8-3-9-15-19/h1-15,20H,16H2,(H,23,24).